The summed E-state index contributed by atoms with van der Waals surface area (Å²) in [5.74, 6) is 0.419. The molecule has 82 valence electrons. The highest BCUT2D eigenvalue weighted by molar-refractivity contribution is 6.30. The summed E-state index contributed by atoms with van der Waals surface area (Å²) in [4.78, 5) is 11.4. The van der Waals surface area contributed by atoms with Crippen LogP contribution in [0.2, 0.25) is 5.02 Å². The van der Waals surface area contributed by atoms with E-state index in [1.165, 1.54) is 0 Å². The number of carbonyl (C=O) groups excluding carboxylic acids is 1. The second kappa shape index (κ2) is 5.76. The van der Waals surface area contributed by atoms with Crippen LogP contribution in [0.1, 0.15) is 31.7 Å². The number of benzene rings is 1. The number of ether oxygens (including phenoxy) is 1. The molecular weight excluding hydrogens is 212 g/mol. The molecule has 0 heterocycles. The number of halogens is 1. The van der Waals surface area contributed by atoms with Crippen LogP contribution in [0, 0.1) is 6.92 Å². The predicted molar refractivity (Wildman–Crippen MR) is 61.3 cm³/mol. The van der Waals surface area contributed by atoms with E-state index in [4.69, 9.17) is 16.3 Å². The zero-order valence-electron chi connectivity index (χ0n) is 9.05. The number of carbonyl (C=O) groups is 1. The molecule has 1 rings (SSSR count). The van der Waals surface area contributed by atoms with Crippen molar-refractivity contribution >= 4 is 17.6 Å². The highest BCUT2D eigenvalue weighted by Crippen LogP contribution is 2.22. The van der Waals surface area contributed by atoms with Gasteiger partial charge < -0.3 is 4.74 Å². The Morgan fingerprint density at radius 3 is 2.80 bits per heavy atom. The Hall–Kier alpha value is -1.02. The topological polar surface area (TPSA) is 26.3 Å². The lowest BCUT2D eigenvalue weighted by molar-refractivity contribution is -0.134. The summed E-state index contributed by atoms with van der Waals surface area (Å²) in [7, 11) is 0. The van der Waals surface area contributed by atoms with Crippen molar-refractivity contribution in [2.75, 3.05) is 0 Å². The SMILES string of the molecule is CCCCC(=O)Oc1ccc(Cl)cc1C. The van der Waals surface area contributed by atoms with E-state index >= 15 is 0 Å². The molecule has 15 heavy (non-hydrogen) atoms. The normalized spacial score (nSPS) is 10.1. The highest BCUT2D eigenvalue weighted by Gasteiger charge is 2.06. The van der Waals surface area contributed by atoms with Crippen molar-refractivity contribution in [3.63, 3.8) is 0 Å². The van der Waals surface area contributed by atoms with Crippen LogP contribution in [0.3, 0.4) is 0 Å². The highest BCUT2D eigenvalue weighted by atomic mass is 35.5. The molecule has 1 aromatic rings. The van der Waals surface area contributed by atoms with Gasteiger partial charge in [0, 0.05) is 11.4 Å². The van der Waals surface area contributed by atoms with Crippen molar-refractivity contribution in [3.05, 3.63) is 28.8 Å². The number of aryl methyl sites for hydroxylation is 1. The molecule has 0 aliphatic rings. The fourth-order valence-electron chi connectivity index (χ4n) is 1.22. The molecule has 0 aromatic heterocycles. The molecule has 0 aliphatic heterocycles. The quantitative estimate of drug-likeness (QED) is 0.578. The summed E-state index contributed by atoms with van der Waals surface area (Å²) in [6, 6.07) is 5.22. The first kappa shape index (κ1) is 12.1. The maximum Gasteiger partial charge on any atom is 0.311 e. The Labute approximate surface area is 95.2 Å². The van der Waals surface area contributed by atoms with E-state index in [9.17, 15) is 4.79 Å². The standard InChI is InChI=1S/C12H15ClO2/c1-3-4-5-12(14)15-11-7-6-10(13)8-9(11)2/h6-8H,3-5H2,1-2H3. The summed E-state index contributed by atoms with van der Waals surface area (Å²) in [5.41, 5.74) is 0.882. The van der Waals surface area contributed by atoms with Gasteiger partial charge in [-0.15, -0.1) is 0 Å². The number of rotatable bonds is 4. The summed E-state index contributed by atoms with van der Waals surface area (Å²) in [5, 5.41) is 0.654. The third-order valence-electron chi connectivity index (χ3n) is 2.10. The van der Waals surface area contributed by atoms with Crippen molar-refractivity contribution in [1.29, 1.82) is 0 Å². The van der Waals surface area contributed by atoms with Gasteiger partial charge in [0.2, 0.25) is 0 Å². The largest absolute Gasteiger partial charge is 0.426 e. The Kier molecular flexibility index (Phi) is 4.63. The van der Waals surface area contributed by atoms with E-state index in [0.717, 1.165) is 18.4 Å². The van der Waals surface area contributed by atoms with E-state index in [2.05, 4.69) is 0 Å². The molecule has 0 saturated carbocycles. The Morgan fingerprint density at radius 2 is 2.20 bits per heavy atom. The number of unbranched alkanes of at least 4 members (excludes halogenated alkanes) is 1. The van der Waals surface area contributed by atoms with Gasteiger partial charge in [-0.1, -0.05) is 24.9 Å². The minimum atomic E-state index is -0.178. The van der Waals surface area contributed by atoms with Gasteiger partial charge >= 0.3 is 5.97 Å². The molecule has 0 N–H and O–H groups in total. The van der Waals surface area contributed by atoms with E-state index in [0.29, 0.717) is 17.2 Å². The summed E-state index contributed by atoms with van der Waals surface area (Å²) in [6.07, 6.45) is 2.33. The van der Waals surface area contributed by atoms with Crippen LogP contribution in [0.5, 0.6) is 5.75 Å². The first-order valence-electron chi connectivity index (χ1n) is 5.10. The summed E-state index contributed by atoms with van der Waals surface area (Å²) >= 11 is 5.80. The second-order valence-corrected chi connectivity index (χ2v) is 3.92. The number of hydrogen-bond acceptors (Lipinski definition) is 2. The first-order chi connectivity index (χ1) is 7.13. The van der Waals surface area contributed by atoms with E-state index < -0.39 is 0 Å². The average molecular weight is 227 g/mol. The monoisotopic (exact) mass is 226 g/mol. The van der Waals surface area contributed by atoms with Crippen LogP contribution in [-0.4, -0.2) is 5.97 Å². The van der Waals surface area contributed by atoms with Gasteiger partial charge in [-0.2, -0.15) is 0 Å². The van der Waals surface area contributed by atoms with Crippen LogP contribution >= 0.6 is 11.6 Å². The van der Waals surface area contributed by atoms with E-state index in [1.54, 1.807) is 18.2 Å². The van der Waals surface area contributed by atoms with Crippen molar-refractivity contribution in [2.45, 2.75) is 33.1 Å². The molecule has 0 saturated heterocycles. The van der Waals surface area contributed by atoms with E-state index in [-0.39, 0.29) is 5.97 Å². The van der Waals surface area contributed by atoms with Gasteiger partial charge in [-0.05, 0) is 37.1 Å². The van der Waals surface area contributed by atoms with Crippen LogP contribution in [0.15, 0.2) is 18.2 Å². The lowest BCUT2D eigenvalue weighted by Crippen LogP contribution is -2.08. The fraction of sp³-hybridized carbons (Fsp3) is 0.417. The molecule has 0 spiro atoms. The minimum absolute atomic E-state index is 0.178. The fourth-order valence-corrected chi connectivity index (χ4v) is 1.45. The molecule has 0 fully saturated rings. The second-order valence-electron chi connectivity index (χ2n) is 3.49. The first-order valence-corrected chi connectivity index (χ1v) is 5.48. The molecule has 0 radical (unpaired) electrons. The van der Waals surface area contributed by atoms with Gasteiger partial charge in [0.15, 0.2) is 0 Å². The third-order valence-corrected chi connectivity index (χ3v) is 2.33. The van der Waals surface area contributed by atoms with Gasteiger partial charge in [-0.25, -0.2) is 0 Å². The molecule has 0 atom stereocenters. The predicted octanol–water partition coefficient (Wildman–Crippen LogP) is 3.74. The zero-order chi connectivity index (χ0) is 11.3. The van der Waals surface area contributed by atoms with Gasteiger partial charge in [-0.3, -0.25) is 4.79 Å². The third kappa shape index (κ3) is 3.92. The molecule has 2 nitrogen and oxygen atoms in total. The lowest BCUT2D eigenvalue weighted by atomic mass is 10.2. The van der Waals surface area contributed by atoms with Gasteiger partial charge in [0.05, 0.1) is 0 Å². The van der Waals surface area contributed by atoms with Crippen LogP contribution in [0.25, 0.3) is 0 Å². The molecule has 0 aliphatic carbocycles. The van der Waals surface area contributed by atoms with Crippen molar-refractivity contribution in [2.24, 2.45) is 0 Å². The molecule has 3 heteroatoms. The van der Waals surface area contributed by atoms with Gasteiger partial charge in [0.1, 0.15) is 5.75 Å². The van der Waals surface area contributed by atoms with Crippen LogP contribution in [0.4, 0.5) is 0 Å². The molecule has 0 bridgehead atoms. The Balaban J connectivity index is 2.60. The lowest BCUT2D eigenvalue weighted by Gasteiger charge is -2.06. The molecular formula is C12H15ClO2. The molecule has 0 amide bonds. The summed E-state index contributed by atoms with van der Waals surface area (Å²) < 4.78 is 5.20. The maximum atomic E-state index is 11.4. The number of esters is 1. The van der Waals surface area contributed by atoms with E-state index in [1.807, 2.05) is 13.8 Å². The Bertz CT molecular complexity index is 347. The summed E-state index contributed by atoms with van der Waals surface area (Å²) in [6.45, 7) is 3.91. The van der Waals surface area contributed by atoms with Crippen molar-refractivity contribution < 1.29 is 9.53 Å². The van der Waals surface area contributed by atoms with Crippen LogP contribution < -0.4 is 4.74 Å². The minimum Gasteiger partial charge on any atom is -0.426 e. The van der Waals surface area contributed by atoms with Crippen molar-refractivity contribution in [1.82, 2.24) is 0 Å². The number of hydrogen-bond donors (Lipinski definition) is 0. The average Bonchev–Trinajstić information content (AvgIpc) is 2.19. The maximum absolute atomic E-state index is 11.4. The molecule has 0 unspecified atom stereocenters. The Morgan fingerprint density at radius 1 is 1.47 bits per heavy atom. The molecule has 1 aromatic carbocycles. The zero-order valence-corrected chi connectivity index (χ0v) is 9.80. The van der Waals surface area contributed by atoms with Crippen LogP contribution in [-0.2, 0) is 4.79 Å². The van der Waals surface area contributed by atoms with Crippen molar-refractivity contribution in [3.8, 4) is 5.75 Å². The smallest absolute Gasteiger partial charge is 0.311 e. The van der Waals surface area contributed by atoms with Gasteiger partial charge in [0.25, 0.3) is 0 Å².